The van der Waals surface area contributed by atoms with Gasteiger partial charge in [0.25, 0.3) is 5.91 Å². The minimum absolute atomic E-state index is 0.0232. The van der Waals surface area contributed by atoms with Crippen LogP contribution in [-0.2, 0) is 4.79 Å². The molecule has 1 saturated heterocycles. The molecular weight excluding hydrogens is 304 g/mol. The summed E-state index contributed by atoms with van der Waals surface area (Å²) in [5.74, 6) is -0.299. The SMILES string of the molecule is N#C/C(=C/Nc1ccccc1C#N)C(=O)N1CCN(CCN)CC1. The van der Waals surface area contributed by atoms with Crippen LogP contribution >= 0.6 is 0 Å². The highest BCUT2D eigenvalue weighted by Gasteiger charge is 2.23. The number of carbonyl (C=O) groups is 1. The maximum Gasteiger partial charge on any atom is 0.266 e. The first-order valence-corrected chi connectivity index (χ1v) is 7.77. The van der Waals surface area contributed by atoms with Crippen LogP contribution in [0.3, 0.4) is 0 Å². The summed E-state index contributed by atoms with van der Waals surface area (Å²) < 4.78 is 0. The zero-order chi connectivity index (χ0) is 17.4. The fourth-order valence-electron chi connectivity index (χ4n) is 2.53. The number of nitrogens with two attached hydrogens (primary N) is 1. The van der Waals surface area contributed by atoms with Crippen LogP contribution in [0.4, 0.5) is 5.69 Å². The molecule has 1 aliphatic heterocycles. The summed E-state index contributed by atoms with van der Waals surface area (Å²) in [6.45, 7) is 4.08. The van der Waals surface area contributed by atoms with Gasteiger partial charge in [-0.1, -0.05) is 12.1 Å². The summed E-state index contributed by atoms with van der Waals surface area (Å²) in [6.07, 6.45) is 1.37. The molecule has 1 heterocycles. The van der Waals surface area contributed by atoms with Crippen LogP contribution < -0.4 is 11.1 Å². The molecular formula is C17H20N6O. The Morgan fingerprint density at radius 3 is 2.58 bits per heavy atom. The Hall–Kier alpha value is -2.87. The van der Waals surface area contributed by atoms with Gasteiger partial charge in [0.05, 0.1) is 11.3 Å². The number of hydrogen-bond acceptors (Lipinski definition) is 6. The lowest BCUT2D eigenvalue weighted by molar-refractivity contribution is -0.128. The van der Waals surface area contributed by atoms with Crippen molar-refractivity contribution in [3.05, 3.63) is 41.6 Å². The molecule has 24 heavy (non-hydrogen) atoms. The van der Waals surface area contributed by atoms with Gasteiger partial charge in [-0.3, -0.25) is 9.69 Å². The third kappa shape index (κ3) is 4.32. The Bertz CT molecular complexity index is 692. The quantitative estimate of drug-likeness (QED) is 0.602. The minimum atomic E-state index is -0.299. The highest BCUT2D eigenvalue weighted by molar-refractivity contribution is 5.97. The first-order valence-electron chi connectivity index (χ1n) is 7.77. The maximum atomic E-state index is 12.5. The van der Waals surface area contributed by atoms with Crippen LogP contribution in [0.2, 0.25) is 0 Å². The van der Waals surface area contributed by atoms with Crippen LogP contribution in [0, 0.1) is 22.7 Å². The average molecular weight is 324 g/mol. The van der Waals surface area contributed by atoms with Gasteiger partial charge in [-0.25, -0.2) is 0 Å². The monoisotopic (exact) mass is 324 g/mol. The van der Waals surface area contributed by atoms with Crippen LogP contribution in [-0.4, -0.2) is 55.0 Å². The highest BCUT2D eigenvalue weighted by atomic mass is 16.2. The molecule has 0 saturated carbocycles. The van der Waals surface area contributed by atoms with Gasteiger partial charge in [0.15, 0.2) is 0 Å². The fourth-order valence-corrected chi connectivity index (χ4v) is 2.53. The number of nitrogens with one attached hydrogen (secondary N) is 1. The van der Waals surface area contributed by atoms with E-state index in [0.29, 0.717) is 30.9 Å². The summed E-state index contributed by atoms with van der Waals surface area (Å²) >= 11 is 0. The molecule has 7 nitrogen and oxygen atoms in total. The fraction of sp³-hybridized carbons (Fsp3) is 0.353. The Balaban J connectivity index is 2.02. The lowest BCUT2D eigenvalue weighted by Crippen LogP contribution is -2.50. The molecule has 2 rings (SSSR count). The Kier molecular flexibility index (Phi) is 6.32. The lowest BCUT2D eigenvalue weighted by atomic mass is 10.2. The van der Waals surface area contributed by atoms with Crippen molar-refractivity contribution in [2.75, 3.05) is 44.6 Å². The van der Waals surface area contributed by atoms with Crippen molar-refractivity contribution in [1.29, 1.82) is 10.5 Å². The molecule has 3 N–H and O–H groups in total. The summed E-state index contributed by atoms with van der Waals surface area (Å²) in [4.78, 5) is 16.3. The van der Waals surface area contributed by atoms with Gasteiger partial charge in [-0.15, -0.1) is 0 Å². The Labute approximate surface area is 141 Å². The predicted molar refractivity (Wildman–Crippen MR) is 90.6 cm³/mol. The molecule has 0 aromatic heterocycles. The van der Waals surface area contributed by atoms with Gasteiger partial charge in [-0.2, -0.15) is 10.5 Å². The van der Waals surface area contributed by atoms with Crippen molar-refractivity contribution in [1.82, 2.24) is 9.80 Å². The smallest absolute Gasteiger partial charge is 0.266 e. The zero-order valence-corrected chi connectivity index (χ0v) is 13.4. The second-order valence-corrected chi connectivity index (χ2v) is 5.39. The Morgan fingerprint density at radius 2 is 1.96 bits per heavy atom. The van der Waals surface area contributed by atoms with Gasteiger partial charge >= 0.3 is 0 Å². The van der Waals surface area contributed by atoms with E-state index in [4.69, 9.17) is 11.0 Å². The van der Waals surface area contributed by atoms with Gasteiger partial charge in [-0.05, 0) is 12.1 Å². The second-order valence-electron chi connectivity index (χ2n) is 5.39. The molecule has 1 aliphatic rings. The van der Waals surface area contributed by atoms with E-state index >= 15 is 0 Å². The van der Waals surface area contributed by atoms with Gasteiger partial charge < -0.3 is 16.0 Å². The van der Waals surface area contributed by atoms with Crippen LogP contribution in [0.25, 0.3) is 0 Å². The molecule has 0 bridgehead atoms. The topological polar surface area (TPSA) is 109 Å². The first-order chi connectivity index (χ1) is 11.7. The molecule has 0 aliphatic carbocycles. The molecule has 1 aromatic carbocycles. The van der Waals surface area contributed by atoms with Crippen molar-refractivity contribution in [2.45, 2.75) is 0 Å². The highest BCUT2D eigenvalue weighted by Crippen LogP contribution is 2.14. The number of anilines is 1. The molecule has 124 valence electrons. The maximum absolute atomic E-state index is 12.5. The number of benzene rings is 1. The first kappa shape index (κ1) is 17.5. The summed E-state index contributed by atoms with van der Waals surface area (Å²) in [7, 11) is 0. The van der Waals surface area contributed by atoms with E-state index in [0.717, 1.165) is 19.6 Å². The molecule has 0 spiro atoms. The average Bonchev–Trinajstić information content (AvgIpc) is 2.63. The van der Waals surface area contributed by atoms with Gasteiger partial charge in [0.2, 0.25) is 0 Å². The molecule has 0 unspecified atom stereocenters. The summed E-state index contributed by atoms with van der Waals surface area (Å²) in [5.41, 5.74) is 6.58. The largest absolute Gasteiger partial charge is 0.359 e. The third-order valence-corrected chi connectivity index (χ3v) is 3.88. The van der Waals surface area contributed by atoms with Crippen molar-refractivity contribution >= 4 is 11.6 Å². The number of amides is 1. The zero-order valence-electron chi connectivity index (χ0n) is 13.4. The van der Waals surface area contributed by atoms with Crippen molar-refractivity contribution < 1.29 is 4.79 Å². The summed E-state index contributed by atoms with van der Waals surface area (Å²) in [6, 6.07) is 10.9. The van der Waals surface area contributed by atoms with E-state index in [1.807, 2.05) is 6.07 Å². The number of hydrogen-bond donors (Lipinski definition) is 2. The molecule has 7 heteroatoms. The van der Waals surface area contributed by atoms with Gasteiger partial charge in [0, 0.05) is 45.5 Å². The van der Waals surface area contributed by atoms with Crippen molar-refractivity contribution in [2.24, 2.45) is 5.73 Å². The van der Waals surface area contributed by atoms with E-state index in [-0.39, 0.29) is 11.5 Å². The molecule has 0 atom stereocenters. The van der Waals surface area contributed by atoms with Gasteiger partial charge in [0.1, 0.15) is 17.7 Å². The van der Waals surface area contributed by atoms with Crippen LogP contribution in [0.15, 0.2) is 36.0 Å². The van der Waals surface area contributed by atoms with E-state index in [1.54, 1.807) is 29.2 Å². The normalized spacial score (nSPS) is 15.5. The minimum Gasteiger partial charge on any atom is -0.359 e. The third-order valence-electron chi connectivity index (χ3n) is 3.88. The number of rotatable bonds is 5. The van der Waals surface area contributed by atoms with E-state index < -0.39 is 0 Å². The second kappa shape index (κ2) is 8.68. The van der Waals surface area contributed by atoms with E-state index in [1.165, 1.54) is 6.20 Å². The molecule has 1 aromatic rings. The molecule has 1 fully saturated rings. The van der Waals surface area contributed by atoms with E-state index in [2.05, 4.69) is 16.3 Å². The van der Waals surface area contributed by atoms with Crippen molar-refractivity contribution in [3.63, 3.8) is 0 Å². The van der Waals surface area contributed by atoms with Crippen LogP contribution in [0.5, 0.6) is 0 Å². The number of nitrogens with zero attached hydrogens (tertiary/aromatic N) is 4. The van der Waals surface area contributed by atoms with E-state index in [9.17, 15) is 10.1 Å². The predicted octanol–water partition coefficient (Wildman–Crippen LogP) is 0.481. The lowest BCUT2D eigenvalue weighted by Gasteiger charge is -2.34. The number of carbonyl (C=O) groups excluding carboxylic acids is 1. The Morgan fingerprint density at radius 1 is 1.25 bits per heavy atom. The van der Waals surface area contributed by atoms with Crippen LogP contribution in [0.1, 0.15) is 5.56 Å². The van der Waals surface area contributed by atoms with Crippen molar-refractivity contribution in [3.8, 4) is 12.1 Å². The molecule has 1 amide bonds. The molecule has 0 radical (unpaired) electrons. The standard InChI is InChI=1S/C17H20N6O/c18-5-6-22-7-9-23(10-8-22)17(24)15(12-20)13-21-16-4-2-1-3-14(16)11-19/h1-4,13,21H,5-10,18H2/b15-13-. The number of para-hydroxylation sites is 1. The summed E-state index contributed by atoms with van der Waals surface area (Å²) in [5, 5.41) is 21.2. The number of nitriles is 2. The number of piperazine rings is 1.